The maximum absolute atomic E-state index is 5.55. The van der Waals surface area contributed by atoms with Crippen molar-refractivity contribution < 1.29 is 4.74 Å². The summed E-state index contributed by atoms with van der Waals surface area (Å²) >= 11 is 0. The molecule has 0 unspecified atom stereocenters. The number of aryl methyl sites for hydroxylation is 1. The van der Waals surface area contributed by atoms with Gasteiger partial charge in [0.05, 0.1) is 23.8 Å². The monoisotopic (exact) mass is 390 g/mol. The molecule has 1 saturated heterocycles. The van der Waals surface area contributed by atoms with Crippen LogP contribution in [-0.2, 0) is 6.42 Å². The highest BCUT2D eigenvalue weighted by atomic mass is 16.5. The Bertz CT molecular complexity index is 1170. The summed E-state index contributed by atoms with van der Waals surface area (Å²) in [4.78, 5) is 12.9. The summed E-state index contributed by atoms with van der Waals surface area (Å²) in [6.45, 7) is 6.71. The molecule has 150 valence electrons. The van der Waals surface area contributed by atoms with Gasteiger partial charge < -0.3 is 15.0 Å². The van der Waals surface area contributed by atoms with Crippen molar-refractivity contribution >= 4 is 16.7 Å². The van der Waals surface area contributed by atoms with Gasteiger partial charge in [0, 0.05) is 23.0 Å². The number of aromatic amines is 1. The van der Waals surface area contributed by atoms with Crippen molar-refractivity contribution in [3.8, 4) is 17.0 Å². The number of aromatic nitrogens is 5. The van der Waals surface area contributed by atoms with Crippen LogP contribution in [0.5, 0.6) is 5.75 Å². The molecule has 29 heavy (non-hydrogen) atoms. The minimum atomic E-state index is 0.328. The number of nitrogens with one attached hydrogen (secondary N) is 2. The van der Waals surface area contributed by atoms with Gasteiger partial charge >= 0.3 is 0 Å². The van der Waals surface area contributed by atoms with Crippen molar-refractivity contribution in [3.05, 3.63) is 42.0 Å². The topological polar surface area (TPSA) is 80.1 Å². The van der Waals surface area contributed by atoms with E-state index >= 15 is 0 Å². The Morgan fingerprint density at radius 3 is 2.86 bits per heavy atom. The zero-order chi connectivity index (χ0) is 20.0. The molecule has 0 spiro atoms. The Morgan fingerprint density at radius 1 is 1.28 bits per heavy atom. The van der Waals surface area contributed by atoms with Crippen molar-refractivity contribution in [2.45, 2.75) is 32.6 Å². The molecule has 1 fully saturated rings. The summed E-state index contributed by atoms with van der Waals surface area (Å²) in [5, 5.41) is 7.65. The van der Waals surface area contributed by atoms with E-state index in [0.29, 0.717) is 17.3 Å². The minimum Gasteiger partial charge on any atom is -0.493 e. The van der Waals surface area contributed by atoms with E-state index in [2.05, 4.69) is 46.4 Å². The van der Waals surface area contributed by atoms with Gasteiger partial charge in [-0.25, -0.2) is 9.50 Å². The first-order valence-electron chi connectivity index (χ1n) is 10.2. The molecule has 5 heterocycles. The summed E-state index contributed by atoms with van der Waals surface area (Å²) in [6, 6.07) is 6.34. The lowest BCUT2D eigenvalue weighted by atomic mass is 9.96. The standard InChI is InChI=1S/C22H26N6O/c1-13(2)19-20(15-8-18(29-3)22-24-12-25-28(22)11-15)27-17-7-6-16(26-21(17)19)5-4-14-9-23-10-14/h6-8,11-14,23,27H,4-5,9-10H2,1-3H3. The number of nitrogens with zero attached hydrogens (tertiary/aromatic N) is 4. The maximum atomic E-state index is 5.55. The zero-order valence-electron chi connectivity index (χ0n) is 17.1. The Kier molecular flexibility index (Phi) is 4.47. The van der Waals surface area contributed by atoms with Crippen LogP contribution >= 0.6 is 0 Å². The van der Waals surface area contributed by atoms with Crippen molar-refractivity contribution in [2.75, 3.05) is 20.2 Å². The molecule has 1 aliphatic rings. The van der Waals surface area contributed by atoms with Crippen LogP contribution in [0.25, 0.3) is 27.9 Å². The van der Waals surface area contributed by atoms with E-state index in [-0.39, 0.29) is 0 Å². The summed E-state index contributed by atoms with van der Waals surface area (Å²) < 4.78 is 7.31. The first-order chi connectivity index (χ1) is 14.1. The van der Waals surface area contributed by atoms with Gasteiger partial charge in [-0.05, 0) is 56.0 Å². The Labute approximate surface area is 169 Å². The smallest absolute Gasteiger partial charge is 0.197 e. The minimum absolute atomic E-state index is 0.328. The fourth-order valence-corrected chi connectivity index (χ4v) is 4.14. The third kappa shape index (κ3) is 3.15. The van der Waals surface area contributed by atoms with Crippen LogP contribution in [0.2, 0.25) is 0 Å². The van der Waals surface area contributed by atoms with E-state index in [9.17, 15) is 0 Å². The van der Waals surface area contributed by atoms with Crippen molar-refractivity contribution in [2.24, 2.45) is 5.92 Å². The molecular formula is C22H26N6O. The highest BCUT2D eigenvalue weighted by molar-refractivity contribution is 5.89. The quantitative estimate of drug-likeness (QED) is 0.526. The van der Waals surface area contributed by atoms with Gasteiger partial charge in [-0.2, -0.15) is 5.10 Å². The number of fused-ring (bicyclic) bond motifs is 2. The first-order valence-corrected chi connectivity index (χ1v) is 10.2. The molecule has 4 aromatic heterocycles. The van der Waals surface area contributed by atoms with Crippen LogP contribution in [-0.4, -0.2) is 44.8 Å². The summed E-state index contributed by atoms with van der Waals surface area (Å²) in [5.74, 6) is 1.83. The van der Waals surface area contributed by atoms with Gasteiger partial charge in [-0.3, -0.25) is 4.98 Å². The van der Waals surface area contributed by atoms with Crippen LogP contribution in [0.1, 0.15) is 37.4 Å². The van der Waals surface area contributed by atoms with Gasteiger partial charge in [-0.1, -0.05) is 13.8 Å². The normalized spacial score (nSPS) is 14.8. The summed E-state index contributed by atoms with van der Waals surface area (Å²) in [6.07, 6.45) is 5.76. The van der Waals surface area contributed by atoms with E-state index in [1.54, 1.807) is 18.0 Å². The molecule has 0 radical (unpaired) electrons. The molecule has 0 bridgehead atoms. The van der Waals surface area contributed by atoms with Crippen molar-refractivity contribution in [1.29, 1.82) is 0 Å². The molecule has 2 N–H and O–H groups in total. The lowest BCUT2D eigenvalue weighted by Gasteiger charge is -2.26. The Morgan fingerprint density at radius 2 is 2.14 bits per heavy atom. The molecule has 1 aliphatic heterocycles. The van der Waals surface area contributed by atoms with Crippen LogP contribution in [0.4, 0.5) is 0 Å². The molecule has 0 amide bonds. The number of H-pyrrole nitrogens is 1. The van der Waals surface area contributed by atoms with Crippen LogP contribution in [0.3, 0.4) is 0 Å². The van der Waals surface area contributed by atoms with Gasteiger partial charge in [-0.15, -0.1) is 0 Å². The average Bonchev–Trinajstić information content (AvgIpc) is 3.29. The summed E-state index contributed by atoms with van der Waals surface area (Å²) in [5.41, 5.74) is 7.33. The summed E-state index contributed by atoms with van der Waals surface area (Å²) in [7, 11) is 1.66. The maximum Gasteiger partial charge on any atom is 0.197 e. The van der Waals surface area contributed by atoms with Crippen LogP contribution < -0.4 is 10.1 Å². The van der Waals surface area contributed by atoms with Gasteiger partial charge in [0.2, 0.25) is 0 Å². The average molecular weight is 390 g/mol. The largest absolute Gasteiger partial charge is 0.493 e. The third-order valence-electron chi connectivity index (χ3n) is 5.84. The molecule has 7 nitrogen and oxygen atoms in total. The number of hydrogen-bond acceptors (Lipinski definition) is 5. The van der Waals surface area contributed by atoms with Gasteiger partial charge in [0.15, 0.2) is 11.4 Å². The van der Waals surface area contributed by atoms with Crippen LogP contribution in [0.15, 0.2) is 30.7 Å². The number of hydrogen-bond donors (Lipinski definition) is 2. The Hall–Kier alpha value is -2.93. The molecule has 0 aliphatic carbocycles. The second-order valence-corrected chi connectivity index (χ2v) is 8.16. The Balaban J connectivity index is 1.60. The number of methoxy groups -OCH3 is 1. The highest BCUT2D eigenvalue weighted by Gasteiger charge is 2.21. The molecule has 0 aromatic carbocycles. The lowest BCUT2D eigenvalue weighted by Crippen LogP contribution is -2.42. The number of pyridine rings is 2. The third-order valence-corrected chi connectivity index (χ3v) is 5.84. The van der Waals surface area contributed by atoms with E-state index in [1.807, 2.05) is 12.3 Å². The number of ether oxygens (including phenoxy) is 1. The van der Waals surface area contributed by atoms with E-state index in [1.165, 1.54) is 17.7 Å². The predicted molar refractivity (Wildman–Crippen MR) is 113 cm³/mol. The molecule has 7 heteroatoms. The van der Waals surface area contributed by atoms with E-state index in [4.69, 9.17) is 9.72 Å². The SMILES string of the molecule is COc1cc(-c2[nH]c3ccc(CCC4CNC4)nc3c2C(C)C)cn2ncnc12. The second-order valence-electron chi connectivity index (χ2n) is 8.16. The van der Waals surface area contributed by atoms with Crippen LogP contribution in [0, 0.1) is 5.92 Å². The lowest BCUT2D eigenvalue weighted by molar-refractivity contribution is 0.327. The van der Waals surface area contributed by atoms with Crippen molar-refractivity contribution in [1.82, 2.24) is 29.9 Å². The fraction of sp³-hybridized carbons (Fsp3) is 0.409. The van der Waals surface area contributed by atoms with E-state index in [0.717, 1.165) is 47.7 Å². The van der Waals surface area contributed by atoms with Gasteiger partial charge in [0.1, 0.15) is 6.33 Å². The molecular weight excluding hydrogens is 364 g/mol. The zero-order valence-corrected chi connectivity index (χ0v) is 17.1. The molecule has 0 atom stereocenters. The molecule has 4 aromatic rings. The fourth-order valence-electron chi connectivity index (χ4n) is 4.14. The first kappa shape index (κ1) is 18.1. The highest BCUT2D eigenvalue weighted by Crippen LogP contribution is 2.36. The van der Waals surface area contributed by atoms with Gasteiger partial charge in [0.25, 0.3) is 0 Å². The van der Waals surface area contributed by atoms with E-state index < -0.39 is 0 Å². The number of rotatable bonds is 6. The molecule has 5 rings (SSSR count). The second kappa shape index (κ2) is 7.15. The van der Waals surface area contributed by atoms with Crippen molar-refractivity contribution in [3.63, 3.8) is 0 Å². The predicted octanol–water partition coefficient (Wildman–Crippen LogP) is 3.56. The molecule has 0 saturated carbocycles.